The molecule has 0 aliphatic heterocycles. The number of anilines is 1. The van der Waals surface area contributed by atoms with Crippen molar-refractivity contribution in [1.29, 1.82) is 0 Å². The monoisotopic (exact) mass is 550 g/mol. The van der Waals surface area contributed by atoms with Crippen LogP contribution in [0.1, 0.15) is 29.8 Å². The molecule has 196 valence electrons. The van der Waals surface area contributed by atoms with E-state index in [2.05, 4.69) is 20.6 Å². The van der Waals surface area contributed by atoms with Crippen molar-refractivity contribution >= 4 is 38.1 Å². The van der Waals surface area contributed by atoms with Crippen molar-refractivity contribution < 1.29 is 23.1 Å². The summed E-state index contributed by atoms with van der Waals surface area (Å²) in [5.74, 6) is -1.12. The molecule has 4 aromatic rings. The predicted molar refractivity (Wildman–Crippen MR) is 146 cm³/mol. The zero-order valence-electron chi connectivity index (χ0n) is 20.7. The summed E-state index contributed by atoms with van der Waals surface area (Å²) in [6.07, 6.45) is 3.46. The standard InChI is InChI=1S/C27H26N4O5S2/c1-17(2)38(35,36)23-11-18(15-32)10-22(13-23)26(34)29-14-25(33)31-27-30-24(16-37-27)21-5-3-4-20(12-21)19-6-8-28-9-7-19/h3-13,16-17,32H,14-15H2,1-2H3,(H,29,34)(H,30,31,33). The normalized spacial score (nSPS) is 11.4. The number of aliphatic hydroxyl groups excluding tert-OH is 1. The third-order valence-corrected chi connectivity index (χ3v) is 8.58. The molecule has 0 unspecified atom stereocenters. The number of aliphatic hydroxyl groups is 1. The number of nitrogens with one attached hydrogen (secondary N) is 2. The van der Waals surface area contributed by atoms with Crippen LogP contribution in [0.3, 0.4) is 0 Å². The number of carbonyl (C=O) groups is 2. The van der Waals surface area contributed by atoms with Crippen LogP contribution in [0.5, 0.6) is 0 Å². The van der Waals surface area contributed by atoms with Gasteiger partial charge in [0.15, 0.2) is 15.0 Å². The highest BCUT2D eigenvalue weighted by molar-refractivity contribution is 7.92. The molecule has 11 heteroatoms. The average molecular weight is 551 g/mol. The molecule has 0 spiro atoms. The molecule has 0 saturated heterocycles. The van der Waals surface area contributed by atoms with E-state index in [-0.39, 0.29) is 22.6 Å². The van der Waals surface area contributed by atoms with Crippen molar-refractivity contribution in [2.45, 2.75) is 30.6 Å². The van der Waals surface area contributed by atoms with Gasteiger partial charge in [-0.2, -0.15) is 0 Å². The minimum Gasteiger partial charge on any atom is -0.392 e. The van der Waals surface area contributed by atoms with Crippen LogP contribution in [0.15, 0.2) is 77.3 Å². The van der Waals surface area contributed by atoms with Gasteiger partial charge >= 0.3 is 0 Å². The van der Waals surface area contributed by atoms with Gasteiger partial charge in [-0.15, -0.1) is 11.3 Å². The molecule has 0 aliphatic carbocycles. The number of nitrogens with zero attached hydrogens (tertiary/aromatic N) is 2. The number of rotatable bonds is 9. The first-order chi connectivity index (χ1) is 18.2. The first kappa shape index (κ1) is 27.1. The topological polar surface area (TPSA) is 138 Å². The van der Waals surface area contributed by atoms with Gasteiger partial charge in [0.25, 0.3) is 5.91 Å². The maximum atomic E-state index is 12.7. The summed E-state index contributed by atoms with van der Waals surface area (Å²) in [6, 6.07) is 15.7. The van der Waals surface area contributed by atoms with Crippen molar-refractivity contribution in [2.75, 3.05) is 11.9 Å². The zero-order valence-corrected chi connectivity index (χ0v) is 22.3. The molecule has 9 nitrogen and oxygen atoms in total. The summed E-state index contributed by atoms with van der Waals surface area (Å²) in [6.45, 7) is 2.29. The molecule has 0 atom stereocenters. The minimum absolute atomic E-state index is 0.0363. The maximum Gasteiger partial charge on any atom is 0.251 e. The van der Waals surface area contributed by atoms with Crippen LogP contribution in [0.4, 0.5) is 5.13 Å². The van der Waals surface area contributed by atoms with E-state index in [1.54, 1.807) is 12.4 Å². The fourth-order valence-electron chi connectivity index (χ4n) is 3.61. The fraction of sp³-hybridized carbons (Fsp3) is 0.185. The third kappa shape index (κ3) is 6.31. The minimum atomic E-state index is -3.66. The Morgan fingerprint density at radius 3 is 2.45 bits per heavy atom. The maximum absolute atomic E-state index is 12.7. The average Bonchev–Trinajstić information content (AvgIpc) is 3.40. The molecule has 2 aromatic carbocycles. The molecule has 2 aromatic heterocycles. The molecule has 3 N–H and O–H groups in total. The van der Waals surface area contributed by atoms with E-state index in [4.69, 9.17) is 0 Å². The predicted octanol–water partition coefficient (Wildman–Crippen LogP) is 3.92. The lowest BCUT2D eigenvalue weighted by Crippen LogP contribution is -2.33. The highest BCUT2D eigenvalue weighted by atomic mass is 32.2. The van der Waals surface area contributed by atoms with Crippen LogP contribution in [0.2, 0.25) is 0 Å². The van der Waals surface area contributed by atoms with Gasteiger partial charge in [-0.3, -0.25) is 14.6 Å². The molecule has 0 radical (unpaired) electrons. The summed E-state index contributed by atoms with van der Waals surface area (Å²) in [5, 5.41) is 16.2. The number of pyridine rings is 1. The van der Waals surface area contributed by atoms with Gasteiger partial charge in [-0.05, 0) is 66.9 Å². The van der Waals surface area contributed by atoms with Crippen LogP contribution in [0.25, 0.3) is 22.4 Å². The van der Waals surface area contributed by atoms with E-state index >= 15 is 0 Å². The largest absolute Gasteiger partial charge is 0.392 e. The molecule has 38 heavy (non-hydrogen) atoms. The van der Waals surface area contributed by atoms with E-state index in [0.717, 1.165) is 16.7 Å². The van der Waals surface area contributed by atoms with Gasteiger partial charge in [0.05, 0.1) is 29.0 Å². The molecular weight excluding hydrogens is 524 g/mol. The molecule has 2 amide bonds. The Kier molecular flexibility index (Phi) is 8.30. The zero-order chi connectivity index (χ0) is 27.3. The third-order valence-electron chi connectivity index (χ3n) is 5.69. The summed E-state index contributed by atoms with van der Waals surface area (Å²) < 4.78 is 25.1. The van der Waals surface area contributed by atoms with Gasteiger partial charge in [-0.1, -0.05) is 18.2 Å². The van der Waals surface area contributed by atoms with E-state index < -0.39 is 33.5 Å². The van der Waals surface area contributed by atoms with E-state index in [0.29, 0.717) is 10.8 Å². The van der Waals surface area contributed by atoms with Crippen molar-refractivity contribution in [2.24, 2.45) is 0 Å². The number of amides is 2. The smallest absolute Gasteiger partial charge is 0.251 e. The van der Waals surface area contributed by atoms with Crippen LogP contribution in [0, 0.1) is 0 Å². The summed E-state index contributed by atoms with van der Waals surface area (Å²) >= 11 is 1.26. The lowest BCUT2D eigenvalue weighted by molar-refractivity contribution is -0.115. The SMILES string of the molecule is CC(C)S(=O)(=O)c1cc(CO)cc(C(=O)NCC(=O)Nc2nc(-c3cccc(-c4ccncc4)c3)cs2)c1. The lowest BCUT2D eigenvalue weighted by atomic mass is 10.0. The van der Waals surface area contributed by atoms with Gasteiger partial charge in [0.1, 0.15) is 0 Å². The summed E-state index contributed by atoms with van der Waals surface area (Å²) in [5.41, 5.74) is 3.95. The van der Waals surface area contributed by atoms with Crippen LogP contribution in [-0.2, 0) is 21.2 Å². The first-order valence-electron chi connectivity index (χ1n) is 11.7. The highest BCUT2D eigenvalue weighted by Crippen LogP contribution is 2.28. The van der Waals surface area contributed by atoms with Crippen LogP contribution in [-0.4, -0.2) is 47.1 Å². The Labute approximate surface area is 224 Å². The van der Waals surface area contributed by atoms with Crippen molar-refractivity contribution in [3.05, 3.63) is 83.5 Å². The van der Waals surface area contributed by atoms with E-state index in [1.807, 2.05) is 41.8 Å². The second kappa shape index (κ2) is 11.6. The van der Waals surface area contributed by atoms with Crippen LogP contribution >= 0.6 is 11.3 Å². The van der Waals surface area contributed by atoms with Crippen molar-refractivity contribution in [3.63, 3.8) is 0 Å². The van der Waals surface area contributed by atoms with Gasteiger partial charge < -0.3 is 15.7 Å². The Morgan fingerprint density at radius 1 is 1.00 bits per heavy atom. The quantitative estimate of drug-likeness (QED) is 0.287. The Morgan fingerprint density at radius 2 is 1.74 bits per heavy atom. The second-order valence-electron chi connectivity index (χ2n) is 8.70. The summed E-state index contributed by atoms with van der Waals surface area (Å²) in [4.78, 5) is 33.6. The van der Waals surface area contributed by atoms with Crippen molar-refractivity contribution in [1.82, 2.24) is 15.3 Å². The highest BCUT2D eigenvalue weighted by Gasteiger charge is 2.22. The molecular formula is C27H26N4O5S2. The van der Waals surface area contributed by atoms with Crippen LogP contribution < -0.4 is 10.6 Å². The molecule has 2 heterocycles. The molecule has 0 fully saturated rings. The van der Waals surface area contributed by atoms with E-state index in [1.165, 1.54) is 43.4 Å². The van der Waals surface area contributed by atoms with Gasteiger partial charge in [-0.25, -0.2) is 13.4 Å². The molecule has 0 bridgehead atoms. The number of benzene rings is 2. The Hall–Kier alpha value is -3.93. The second-order valence-corrected chi connectivity index (χ2v) is 12.1. The Balaban J connectivity index is 1.40. The number of hydrogen-bond acceptors (Lipinski definition) is 8. The lowest BCUT2D eigenvalue weighted by Gasteiger charge is -2.12. The number of sulfone groups is 1. The number of hydrogen-bond donors (Lipinski definition) is 3. The Bertz CT molecular complexity index is 1570. The van der Waals surface area contributed by atoms with Crippen molar-refractivity contribution in [3.8, 4) is 22.4 Å². The number of thiazole rings is 1. The first-order valence-corrected chi connectivity index (χ1v) is 14.1. The summed E-state index contributed by atoms with van der Waals surface area (Å²) in [7, 11) is -3.66. The molecule has 0 aliphatic rings. The van der Waals surface area contributed by atoms with E-state index in [9.17, 15) is 23.1 Å². The number of aromatic nitrogens is 2. The molecule has 4 rings (SSSR count). The fourth-order valence-corrected chi connectivity index (χ4v) is 5.50. The van der Waals surface area contributed by atoms with Gasteiger partial charge in [0.2, 0.25) is 5.91 Å². The van der Waals surface area contributed by atoms with Gasteiger partial charge in [0, 0.05) is 28.9 Å². The number of carbonyl (C=O) groups excluding carboxylic acids is 2. The molecule has 0 saturated carbocycles.